The number of benzene rings is 1. The number of hydrogen-bond donors (Lipinski definition) is 1. The Morgan fingerprint density at radius 3 is 2.80 bits per heavy atom. The first-order valence-corrected chi connectivity index (χ1v) is 8.22. The smallest absolute Gasteiger partial charge is 0.261 e. The molecule has 7 nitrogen and oxygen atoms in total. The molecule has 0 radical (unpaired) electrons. The number of H-pyrrole nitrogens is 1. The van der Waals surface area contributed by atoms with E-state index in [1.807, 2.05) is 0 Å². The molecule has 128 valence electrons. The van der Waals surface area contributed by atoms with Crippen molar-refractivity contribution >= 4 is 17.7 Å². The summed E-state index contributed by atoms with van der Waals surface area (Å²) >= 11 is 0. The monoisotopic (exact) mass is 338 g/mol. The molecule has 4 rings (SSSR count). The highest BCUT2D eigenvalue weighted by Gasteiger charge is 2.34. The highest BCUT2D eigenvalue weighted by Crippen LogP contribution is 2.25. The molecule has 0 saturated carbocycles. The lowest BCUT2D eigenvalue weighted by atomic mass is 10.0. The minimum Gasteiger partial charge on any atom is -0.334 e. The van der Waals surface area contributed by atoms with E-state index in [2.05, 4.69) is 17.1 Å². The zero-order chi connectivity index (χ0) is 17.7. The summed E-state index contributed by atoms with van der Waals surface area (Å²) in [7, 11) is 1.45. The van der Waals surface area contributed by atoms with Crippen LogP contribution in [0.5, 0.6) is 0 Å². The molecule has 2 aliphatic heterocycles. The average molecular weight is 338 g/mol. The van der Waals surface area contributed by atoms with E-state index in [0.29, 0.717) is 35.7 Å². The number of aromatic amines is 1. The van der Waals surface area contributed by atoms with Crippen LogP contribution in [0.2, 0.25) is 0 Å². The van der Waals surface area contributed by atoms with Crippen LogP contribution < -0.4 is 0 Å². The van der Waals surface area contributed by atoms with Gasteiger partial charge >= 0.3 is 0 Å². The molecule has 1 aromatic carbocycles. The quantitative estimate of drug-likeness (QED) is 0.798. The molecule has 0 saturated heterocycles. The number of imide groups is 1. The minimum absolute atomic E-state index is 0.140. The van der Waals surface area contributed by atoms with Crippen molar-refractivity contribution < 1.29 is 14.4 Å². The van der Waals surface area contributed by atoms with Crippen LogP contribution in [0.15, 0.2) is 24.4 Å². The van der Waals surface area contributed by atoms with Gasteiger partial charge in [0.25, 0.3) is 17.7 Å². The fourth-order valence-corrected chi connectivity index (χ4v) is 3.54. The molecular formula is C18H18N4O3. The predicted octanol–water partition coefficient (Wildman–Crippen LogP) is 1.47. The van der Waals surface area contributed by atoms with Crippen LogP contribution in [0.25, 0.3) is 0 Å². The Morgan fingerprint density at radius 1 is 1.24 bits per heavy atom. The van der Waals surface area contributed by atoms with E-state index in [4.69, 9.17) is 0 Å². The van der Waals surface area contributed by atoms with Crippen LogP contribution in [-0.2, 0) is 13.0 Å². The Morgan fingerprint density at radius 2 is 2.00 bits per heavy atom. The van der Waals surface area contributed by atoms with Gasteiger partial charge in [0.1, 0.15) is 0 Å². The van der Waals surface area contributed by atoms with E-state index < -0.39 is 0 Å². The van der Waals surface area contributed by atoms with Crippen molar-refractivity contribution in [3.05, 3.63) is 52.3 Å². The van der Waals surface area contributed by atoms with Gasteiger partial charge in [0.05, 0.1) is 17.3 Å². The number of carbonyl (C=O) groups excluding carboxylic acids is 3. The first kappa shape index (κ1) is 15.6. The molecule has 0 fully saturated rings. The van der Waals surface area contributed by atoms with E-state index in [1.54, 1.807) is 23.2 Å². The molecule has 1 atom stereocenters. The second-order valence-electron chi connectivity index (χ2n) is 6.80. The van der Waals surface area contributed by atoms with Gasteiger partial charge in [-0.1, -0.05) is 6.92 Å². The molecule has 7 heteroatoms. The second-order valence-corrected chi connectivity index (χ2v) is 6.80. The normalized spacial score (nSPS) is 19.7. The summed E-state index contributed by atoms with van der Waals surface area (Å²) in [5.41, 5.74) is 3.16. The van der Waals surface area contributed by atoms with Gasteiger partial charge in [0, 0.05) is 37.0 Å². The van der Waals surface area contributed by atoms with Crippen molar-refractivity contribution in [2.45, 2.75) is 19.9 Å². The van der Waals surface area contributed by atoms with E-state index >= 15 is 0 Å². The lowest BCUT2D eigenvalue weighted by Gasteiger charge is -2.23. The summed E-state index contributed by atoms with van der Waals surface area (Å²) in [4.78, 5) is 40.0. The Labute approximate surface area is 144 Å². The van der Waals surface area contributed by atoms with E-state index in [-0.39, 0.29) is 17.7 Å². The van der Waals surface area contributed by atoms with Gasteiger partial charge in [-0.3, -0.25) is 24.4 Å². The van der Waals surface area contributed by atoms with E-state index in [1.165, 1.54) is 13.1 Å². The molecule has 1 aromatic heterocycles. The molecule has 1 N–H and O–H groups in total. The van der Waals surface area contributed by atoms with Crippen LogP contribution in [0.4, 0.5) is 0 Å². The van der Waals surface area contributed by atoms with Gasteiger partial charge < -0.3 is 4.90 Å². The van der Waals surface area contributed by atoms with E-state index in [0.717, 1.165) is 22.6 Å². The van der Waals surface area contributed by atoms with Crippen molar-refractivity contribution in [3.63, 3.8) is 0 Å². The van der Waals surface area contributed by atoms with Crippen molar-refractivity contribution in [1.82, 2.24) is 20.0 Å². The Hall–Kier alpha value is -2.96. The molecule has 25 heavy (non-hydrogen) atoms. The average Bonchev–Trinajstić information content (AvgIpc) is 3.06. The molecule has 0 bridgehead atoms. The predicted molar refractivity (Wildman–Crippen MR) is 89.1 cm³/mol. The molecule has 1 unspecified atom stereocenters. The highest BCUT2D eigenvalue weighted by atomic mass is 16.2. The van der Waals surface area contributed by atoms with Gasteiger partial charge in [0.2, 0.25) is 0 Å². The third-order valence-corrected chi connectivity index (χ3v) is 4.88. The van der Waals surface area contributed by atoms with Gasteiger partial charge in [0.15, 0.2) is 0 Å². The van der Waals surface area contributed by atoms with E-state index in [9.17, 15) is 14.4 Å². The number of hydrogen-bond acceptors (Lipinski definition) is 4. The van der Waals surface area contributed by atoms with Crippen molar-refractivity contribution in [3.8, 4) is 0 Å². The summed E-state index contributed by atoms with van der Waals surface area (Å²) in [6.45, 7) is 3.21. The zero-order valence-electron chi connectivity index (χ0n) is 14.1. The molecule has 2 aromatic rings. The largest absolute Gasteiger partial charge is 0.334 e. The lowest BCUT2D eigenvalue weighted by Crippen LogP contribution is -2.33. The molecule has 3 heterocycles. The van der Waals surface area contributed by atoms with Gasteiger partial charge in [-0.2, -0.15) is 5.10 Å². The number of nitrogens with one attached hydrogen (secondary N) is 1. The van der Waals surface area contributed by atoms with Crippen molar-refractivity contribution in [1.29, 1.82) is 0 Å². The van der Waals surface area contributed by atoms with Crippen LogP contribution in [-0.4, -0.2) is 51.3 Å². The zero-order valence-corrected chi connectivity index (χ0v) is 14.1. The van der Waals surface area contributed by atoms with Gasteiger partial charge in [-0.05, 0) is 30.5 Å². The van der Waals surface area contributed by atoms with Crippen molar-refractivity contribution in [2.24, 2.45) is 5.92 Å². The first-order chi connectivity index (χ1) is 12.0. The standard InChI is InChI=1S/C18H18N4O3/c1-10-5-15-12(7-19-20-15)9-22(8-10)16(23)11-3-4-13-14(6-11)18(25)21(2)17(13)24/h3-4,6-7,10H,5,8-9H2,1-2H3,(H,19,20). The van der Waals surface area contributed by atoms with Crippen LogP contribution in [0, 0.1) is 5.92 Å². The summed E-state index contributed by atoms with van der Waals surface area (Å²) in [6, 6.07) is 4.72. The summed E-state index contributed by atoms with van der Waals surface area (Å²) in [5.74, 6) is -0.533. The second kappa shape index (κ2) is 5.54. The molecule has 0 aliphatic carbocycles. The maximum atomic E-state index is 13.0. The van der Waals surface area contributed by atoms with Crippen LogP contribution >= 0.6 is 0 Å². The third-order valence-electron chi connectivity index (χ3n) is 4.88. The summed E-state index contributed by atoms with van der Waals surface area (Å²) in [5, 5.41) is 7.07. The number of rotatable bonds is 1. The summed E-state index contributed by atoms with van der Waals surface area (Å²) < 4.78 is 0. The van der Waals surface area contributed by atoms with Crippen LogP contribution in [0.1, 0.15) is 49.3 Å². The molecule has 0 spiro atoms. The number of aromatic nitrogens is 2. The highest BCUT2D eigenvalue weighted by molar-refractivity contribution is 6.21. The Bertz CT molecular complexity index is 901. The summed E-state index contributed by atoms with van der Waals surface area (Å²) in [6.07, 6.45) is 2.61. The van der Waals surface area contributed by atoms with Gasteiger partial charge in [-0.25, -0.2) is 0 Å². The molecule has 3 amide bonds. The SMILES string of the molecule is CC1Cc2[nH]ncc2CN(C(=O)c2ccc3c(c2)C(=O)N(C)C3=O)C1. The first-order valence-electron chi connectivity index (χ1n) is 8.22. The Balaban J connectivity index is 1.66. The number of carbonyl (C=O) groups is 3. The third kappa shape index (κ3) is 2.43. The fraction of sp³-hybridized carbons (Fsp3) is 0.333. The number of fused-ring (bicyclic) bond motifs is 2. The molecular weight excluding hydrogens is 320 g/mol. The minimum atomic E-state index is -0.365. The van der Waals surface area contributed by atoms with Crippen LogP contribution in [0.3, 0.4) is 0 Å². The Kier molecular flexibility index (Phi) is 3.45. The maximum absolute atomic E-state index is 13.0. The topological polar surface area (TPSA) is 86.4 Å². The fourth-order valence-electron chi connectivity index (χ4n) is 3.54. The van der Waals surface area contributed by atoms with Gasteiger partial charge in [-0.15, -0.1) is 0 Å². The molecule has 2 aliphatic rings. The van der Waals surface area contributed by atoms with Crippen molar-refractivity contribution in [2.75, 3.05) is 13.6 Å². The lowest BCUT2D eigenvalue weighted by molar-refractivity contribution is 0.0692. The number of nitrogens with zero attached hydrogens (tertiary/aromatic N) is 3. The number of amides is 3. The maximum Gasteiger partial charge on any atom is 0.261 e.